The summed E-state index contributed by atoms with van der Waals surface area (Å²) in [5.41, 5.74) is 0.707. The second kappa shape index (κ2) is 11.3. The maximum absolute atomic E-state index is 12.9. The van der Waals surface area contributed by atoms with Gasteiger partial charge in [0.15, 0.2) is 0 Å². The van der Waals surface area contributed by atoms with Gasteiger partial charge in [0.2, 0.25) is 5.91 Å². The standard InChI is InChI=1S/C20H25N5O4.CH2O2/c26-18-6-16(22-20(28)23-18)10-24-8-15-9-25(11-17(24)13-29-12-15)19(27)4-3-14-2-1-5-21-7-14;2-1-3/h1-2,5-7,15,17H,3-4,8-13H2,(H2,22,23,26,28);1H,(H,2,3)/t15-,17+;/m1./s1. The van der Waals surface area contributed by atoms with Gasteiger partial charge in [-0.1, -0.05) is 6.07 Å². The molecule has 0 aromatic carbocycles. The van der Waals surface area contributed by atoms with Crippen molar-refractivity contribution in [3.05, 3.63) is 62.7 Å². The fourth-order valence-corrected chi connectivity index (χ4v) is 4.10. The Bertz CT molecular complexity index is 979. The fraction of sp³-hybridized carbons (Fsp3) is 0.476. The zero-order valence-electron chi connectivity index (χ0n) is 17.6. The van der Waals surface area contributed by atoms with E-state index in [0.29, 0.717) is 51.4 Å². The molecule has 2 bridgehead atoms. The van der Waals surface area contributed by atoms with Crippen LogP contribution in [0.25, 0.3) is 0 Å². The van der Waals surface area contributed by atoms with E-state index in [9.17, 15) is 14.4 Å². The lowest BCUT2D eigenvalue weighted by atomic mass is 10.1. The number of ether oxygens (including phenoxy) is 1. The van der Waals surface area contributed by atoms with E-state index in [-0.39, 0.29) is 24.3 Å². The number of H-pyrrole nitrogens is 2. The third-order valence-electron chi connectivity index (χ3n) is 5.48. The van der Waals surface area contributed by atoms with Crippen molar-refractivity contribution in [2.24, 2.45) is 5.92 Å². The molecule has 0 radical (unpaired) electrons. The number of amides is 1. The first kappa shape index (κ1) is 23.4. The van der Waals surface area contributed by atoms with E-state index in [1.165, 1.54) is 6.07 Å². The molecule has 4 heterocycles. The van der Waals surface area contributed by atoms with E-state index in [1.54, 1.807) is 12.4 Å². The number of aromatic amines is 2. The van der Waals surface area contributed by atoms with Gasteiger partial charge in [-0.3, -0.25) is 29.3 Å². The summed E-state index contributed by atoms with van der Waals surface area (Å²) in [4.78, 5) is 57.5. The second-order valence-corrected chi connectivity index (χ2v) is 7.87. The highest BCUT2D eigenvalue weighted by Crippen LogP contribution is 2.22. The summed E-state index contributed by atoms with van der Waals surface area (Å²) >= 11 is 0. The number of nitrogens with zero attached hydrogens (tertiary/aromatic N) is 3. The molecule has 4 rings (SSSR count). The van der Waals surface area contributed by atoms with E-state index in [1.807, 2.05) is 17.0 Å². The summed E-state index contributed by atoms with van der Waals surface area (Å²) in [6.07, 6.45) is 4.65. The van der Waals surface area contributed by atoms with E-state index >= 15 is 0 Å². The smallest absolute Gasteiger partial charge is 0.325 e. The fourth-order valence-electron chi connectivity index (χ4n) is 4.10. The zero-order chi connectivity index (χ0) is 22.9. The van der Waals surface area contributed by atoms with Crippen LogP contribution in [0.15, 0.2) is 40.2 Å². The molecular formula is C21H27N5O6. The van der Waals surface area contributed by atoms with Gasteiger partial charge < -0.3 is 19.7 Å². The number of hydrogen-bond donors (Lipinski definition) is 3. The number of fused-ring (bicyclic) bond motifs is 3. The third kappa shape index (κ3) is 6.59. The number of aromatic nitrogens is 3. The Labute approximate surface area is 184 Å². The molecule has 1 amide bonds. The van der Waals surface area contributed by atoms with Crippen LogP contribution in [-0.4, -0.2) is 81.1 Å². The summed E-state index contributed by atoms with van der Waals surface area (Å²) in [7, 11) is 0. The van der Waals surface area contributed by atoms with Gasteiger partial charge >= 0.3 is 5.69 Å². The lowest BCUT2D eigenvalue weighted by Gasteiger charge is -2.31. The first-order valence-electron chi connectivity index (χ1n) is 10.4. The summed E-state index contributed by atoms with van der Waals surface area (Å²) in [6.45, 7) is 3.31. The molecule has 2 aliphatic heterocycles. The molecule has 32 heavy (non-hydrogen) atoms. The second-order valence-electron chi connectivity index (χ2n) is 7.87. The van der Waals surface area contributed by atoms with Crippen molar-refractivity contribution >= 4 is 12.4 Å². The van der Waals surface area contributed by atoms with Crippen LogP contribution in [0.1, 0.15) is 17.7 Å². The maximum atomic E-state index is 12.9. The van der Waals surface area contributed by atoms with Gasteiger partial charge in [0.05, 0.1) is 19.3 Å². The Morgan fingerprint density at radius 2 is 2.06 bits per heavy atom. The van der Waals surface area contributed by atoms with Crippen molar-refractivity contribution < 1.29 is 19.4 Å². The quantitative estimate of drug-likeness (QED) is 0.519. The normalized spacial score (nSPS) is 20.6. The predicted octanol–water partition coefficient (Wildman–Crippen LogP) is -0.549. The Morgan fingerprint density at radius 1 is 1.25 bits per heavy atom. The Kier molecular flexibility index (Phi) is 8.28. The third-order valence-corrected chi connectivity index (χ3v) is 5.48. The van der Waals surface area contributed by atoms with Crippen molar-refractivity contribution in [1.82, 2.24) is 24.8 Å². The Hall–Kier alpha value is -3.31. The number of carbonyl (C=O) groups is 2. The zero-order valence-corrected chi connectivity index (χ0v) is 17.6. The maximum Gasteiger partial charge on any atom is 0.325 e. The van der Waals surface area contributed by atoms with E-state index < -0.39 is 11.2 Å². The first-order chi connectivity index (χ1) is 15.5. The van der Waals surface area contributed by atoms with Gasteiger partial charge in [0.1, 0.15) is 0 Å². The highest BCUT2D eigenvalue weighted by Gasteiger charge is 2.35. The van der Waals surface area contributed by atoms with Crippen molar-refractivity contribution in [2.45, 2.75) is 25.4 Å². The largest absolute Gasteiger partial charge is 0.483 e. The van der Waals surface area contributed by atoms with Crippen LogP contribution in [0, 0.1) is 5.92 Å². The van der Waals surface area contributed by atoms with Crippen LogP contribution in [0.4, 0.5) is 0 Å². The number of nitrogens with one attached hydrogen (secondary N) is 2. The molecule has 2 aliphatic rings. The number of rotatable bonds is 5. The van der Waals surface area contributed by atoms with E-state index in [4.69, 9.17) is 14.6 Å². The van der Waals surface area contributed by atoms with Crippen molar-refractivity contribution in [1.29, 1.82) is 0 Å². The lowest BCUT2D eigenvalue weighted by molar-refractivity contribution is -0.133. The highest BCUT2D eigenvalue weighted by molar-refractivity contribution is 5.76. The molecule has 172 valence electrons. The number of carboxylic acid groups (broad SMARTS) is 1. The summed E-state index contributed by atoms with van der Waals surface area (Å²) in [5.74, 6) is 0.329. The molecule has 2 atom stereocenters. The van der Waals surface area contributed by atoms with E-state index in [0.717, 1.165) is 12.1 Å². The topological polar surface area (TPSA) is 149 Å². The first-order valence-corrected chi connectivity index (χ1v) is 10.4. The van der Waals surface area contributed by atoms with Crippen LogP contribution >= 0.6 is 0 Å². The average molecular weight is 445 g/mol. The molecule has 3 N–H and O–H groups in total. The summed E-state index contributed by atoms with van der Waals surface area (Å²) in [6, 6.07) is 5.29. The molecule has 11 nitrogen and oxygen atoms in total. The van der Waals surface area contributed by atoms with Gasteiger partial charge in [0, 0.05) is 62.7 Å². The minimum Gasteiger partial charge on any atom is -0.483 e. The van der Waals surface area contributed by atoms with Crippen LogP contribution in [0.2, 0.25) is 0 Å². The molecular weight excluding hydrogens is 418 g/mol. The van der Waals surface area contributed by atoms with Gasteiger partial charge in [-0.25, -0.2) is 4.79 Å². The Balaban J connectivity index is 0.000000913. The van der Waals surface area contributed by atoms with Gasteiger partial charge in [-0.2, -0.15) is 0 Å². The molecule has 2 saturated heterocycles. The molecule has 0 unspecified atom stereocenters. The van der Waals surface area contributed by atoms with Gasteiger partial charge in [0.25, 0.3) is 12.0 Å². The monoisotopic (exact) mass is 445 g/mol. The molecule has 0 aliphatic carbocycles. The van der Waals surface area contributed by atoms with Gasteiger partial charge in [-0.15, -0.1) is 0 Å². The number of carbonyl (C=O) groups excluding carboxylic acids is 1. The minimum atomic E-state index is -0.506. The van der Waals surface area contributed by atoms with Crippen LogP contribution in [-0.2, 0) is 27.3 Å². The number of pyridine rings is 1. The Morgan fingerprint density at radius 3 is 2.78 bits per heavy atom. The summed E-state index contributed by atoms with van der Waals surface area (Å²) < 4.78 is 5.81. The molecule has 11 heteroatoms. The lowest BCUT2D eigenvalue weighted by Crippen LogP contribution is -2.46. The van der Waals surface area contributed by atoms with Gasteiger partial charge in [-0.05, 0) is 18.1 Å². The molecule has 0 saturated carbocycles. The molecule has 2 aromatic rings. The van der Waals surface area contributed by atoms with Crippen LogP contribution < -0.4 is 11.2 Å². The minimum absolute atomic E-state index is 0.0210. The average Bonchev–Trinajstić information content (AvgIpc) is 3.02. The van der Waals surface area contributed by atoms with Crippen molar-refractivity contribution in [2.75, 3.05) is 32.8 Å². The van der Waals surface area contributed by atoms with Crippen LogP contribution in [0.3, 0.4) is 0 Å². The summed E-state index contributed by atoms with van der Waals surface area (Å²) in [5, 5.41) is 6.89. The highest BCUT2D eigenvalue weighted by atomic mass is 16.5. The number of hydrogen-bond acceptors (Lipinski definition) is 7. The van der Waals surface area contributed by atoms with Crippen LogP contribution in [0.5, 0.6) is 0 Å². The SMILES string of the molecule is O=C(CCc1cccnc1)N1C[C@@H]2COC[C@H](C1)N(Cc1cc(=O)[nH]c(=O)[nH]1)C2.O=CO. The van der Waals surface area contributed by atoms with E-state index in [2.05, 4.69) is 19.9 Å². The molecule has 2 aromatic heterocycles. The molecule has 0 spiro atoms. The van der Waals surface area contributed by atoms with Crippen molar-refractivity contribution in [3.8, 4) is 0 Å². The number of aryl methyl sites for hydroxylation is 1. The predicted molar refractivity (Wildman–Crippen MR) is 114 cm³/mol. The van der Waals surface area contributed by atoms with Crippen molar-refractivity contribution in [3.63, 3.8) is 0 Å². The molecule has 2 fully saturated rings.